The van der Waals surface area contributed by atoms with Gasteiger partial charge in [0, 0.05) is 18.1 Å². The molecule has 0 spiro atoms. The van der Waals surface area contributed by atoms with Crippen molar-refractivity contribution in [2.45, 2.75) is 26.7 Å². The number of likely N-dealkylation sites (N-methyl/N-ethyl adjacent to an activating group) is 1. The third kappa shape index (κ3) is 6.56. The smallest absolute Gasteiger partial charge is 0.266 e. The van der Waals surface area contributed by atoms with Crippen LogP contribution in [0.5, 0.6) is 5.75 Å². The van der Waals surface area contributed by atoms with E-state index in [1.165, 1.54) is 16.9 Å². The second-order valence-corrected chi connectivity index (χ2v) is 9.37. The lowest BCUT2D eigenvalue weighted by Gasteiger charge is -2.22. The highest BCUT2D eigenvalue weighted by Crippen LogP contribution is 2.33. The molecule has 3 rings (SSSR count). The van der Waals surface area contributed by atoms with Crippen molar-refractivity contribution in [3.8, 4) is 5.75 Å². The molecule has 1 aromatic heterocycles. The van der Waals surface area contributed by atoms with Crippen molar-refractivity contribution in [1.29, 1.82) is 0 Å². The van der Waals surface area contributed by atoms with Crippen LogP contribution >= 0.6 is 35.3 Å². The van der Waals surface area contributed by atoms with Crippen LogP contribution < -0.4 is 9.64 Å². The number of aryl methyl sites for hydroxylation is 1. The maximum atomic E-state index is 13.1. The van der Waals surface area contributed by atoms with Crippen LogP contribution in [0.25, 0.3) is 10.2 Å². The molecule has 0 bridgehead atoms. The SMILES string of the molecule is Cc1cc(Cl)cc2sc(N(CCN(C)C)C(=O)COc3ccc(C(C)C)cc3)nc12.Cl. The number of ether oxygens (including phenoxy) is 1. The zero-order chi connectivity index (χ0) is 21.8. The van der Waals surface area contributed by atoms with Gasteiger partial charge < -0.3 is 9.64 Å². The van der Waals surface area contributed by atoms with E-state index in [-0.39, 0.29) is 24.9 Å². The first-order valence-electron chi connectivity index (χ1n) is 9.99. The molecular weight excluding hydrogens is 453 g/mol. The number of amides is 1. The van der Waals surface area contributed by atoms with Crippen LogP contribution in [-0.4, -0.2) is 49.6 Å². The van der Waals surface area contributed by atoms with Gasteiger partial charge in [-0.15, -0.1) is 12.4 Å². The number of fused-ring (bicyclic) bond motifs is 1. The summed E-state index contributed by atoms with van der Waals surface area (Å²) in [5, 5.41) is 1.34. The zero-order valence-corrected chi connectivity index (χ0v) is 20.9. The molecule has 0 N–H and O–H groups in total. The average Bonchev–Trinajstić information content (AvgIpc) is 3.10. The summed E-state index contributed by atoms with van der Waals surface area (Å²) < 4.78 is 6.75. The van der Waals surface area contributed by atoms with Crippen LogP contribution in [0, 0.1) is 6.92 Å². The third-order valence-electron chi connectivity index (χ3n) is 4.85. The molecule has 1 amide bonds. The Morgan fingerprint density at radius 2 is 1.84 bits per heavy atom. The first-order valence-corrected chi connectivity index (χ1v) is 11.2. The molecule has 0 aliphatic rings. The van der Waals surface area contributed by atoms with Gasteiger partial charge in [-0.1, -0.05) is 48.9 Å². The van der Waals surface area contributed by atoms with Crippen LogP contribution in [0.1, 0.15) is 30.9 Å². The summed E-state index contributed by atoms with van der Waals surface area (Å²) in [6.45, 7) is 7.50. The highest BCUT2D eigenvalue weighted by molar-refractivity contribution is 7.22. The molecule has 5 nitrogen and oxygen atoms in total. The number of aromatic nitrogens is 1. The molecule has 8 heteroatoms. The monoisotopic (exact) mass is 481 g/mol. The first kappa shape index (κ1) is 25.4. The number of hydrogen-bond acceptors (Lipinski definition) is 5. The number of thiazole rings is 1. The normalized spacial score (nSPS) is 11.1. The van der Waals surface area contributed by atoms with Crippen molar-refractivity contribution >= 4 is 56.6 Å². The standard InChI is InChI=1S/C23H28ClN3O2S.ClH/c1-15(2)17-6-8-19(9-7-17)29-14-21(28)27(11-10-26(4)5)23-25-22-16(3)12-18(24)13-20(22)30-23;/h6-9,12-13,15H,10-11,14H2,1-5H3;1H. The van der Waals surface area contributed by atoms with Gasteiger partial charge in [0.25, 0.3) is 5.91 Å². The second kappa shape index (κ2) is 11.1. The Labute approximate surface area is 199 Å². The van der Waals surface area contributed by atoms with E-state index in [1.54, 1.807) is 4.90 Å². The zero-order valence-electron chi connectivity index (χ0n) is 18.5. The van der Waals surface area contributed by atoms with E-state index in [1.807, 2.05) is 62.3 Å². The van der Waals surface area contributed by atoms with Gasteiger partial charge in [-0.3, -0.25) is 9.69 Å². The summed E-state index contributed by atoms with van der Waals surface area (Å²) in [6, 6.07) is 11.7. The van der Waals surface area contributed by atoms with E-state index in [4.69, 9.17) is 21.3 Å². The van der Waals surface area contributed by atoms with Gasteiger partial charge in [0.2, 0.25) is 0 Å². The maximum absolute atomic E-state index is 13.1. The molecule has 0 saturated carbocycles. The Morgan fingerprint density at radius 3 is 2.45 bits per heavy atom. The van der Waals surface area contributed by atoms with E-state index >= 15 is 0 Å². The maximum Gasteiger partial charge on any atom is 0.266 e. The number of hydrogen-bond donors (Lipinski definition) is 0. The van der Waals surface area contributed by atoms with E-state index in [9.17, 15) is 4.79 Å². The fourth-order valence-corrected chi connectivity index (χ4v) is 4.52. The topological polar surface area (TPSA) is 45.7 Å². The predicted molar refractivity (Wildman–Crippen MR) is 134 cm³/mol. The van der Waals surface area contributed by atoms with Gasteiger partial charge in [-0.25, -0.2) is 4.98 Å². The number of anilines is 1. The lowest BCUT2D eigenvalue weighted by molar-refractivity contribution is -0.120. The van der Waals surface area contributed by atoms with Crippen molar-refractivity contribution in [3.05, 3.63) is 52.5 Å². The average molecular weight is 482 g/mol. The Morgan fingerprint density at radius 1 is 1.16 bits per heavy atom. The van der Waals surface area contributed by atoms with E-state index in [0.717, 1.165) is 22.3 Å². The van der Waals surface area contributed by atoms with Crippen molar-refractivity contribution in [2.75, 3.05) is 38.7 Å². The number of carbonyl (C=O) groups excluding carboxylic acids is 1. The van der Waals surface area contributed by atoms with Gasteiger partial charge >= 0.3 is 0 Å². The molecule has 0 aliphatic carbocycles. The third-order valence-corrected chi connectivity index (χ3v) is 6.09. The molecular formula is C23H29Cl2N3O2S. The molecule has 31 heavy (non-hydrogen) atoms. The highest BCUT2D eigenvalue weighted by Gasteiger charge is 2.21. The molecule has 0 unspecified atom stereocenters. The van der Waals surface area contributed by atoms with Crippen LogP contribution in [0.2, 0.25) is 5.02 Å². The number of benzene rings is 2. The molecule has 0 aliphatic heterocycles. The number of halogens is 2. The fraction of sp³-hybridized carbons (Fsp3) is 0.391. The lowest BCUT2D eigenvalue weighted by Crippen LogP contribution is -2.39. The molecule has 3 aromatic rings. The van der Waals surface area contributed by atoms with E-state index in [2.05, 4.69) is 13.8 Å². The second-order valence-electron chi connectivity index (χ2n) is 7.93. The van der Waals surface area contributed by atoms with Crippen LogP contribution in [0.4, 0.5) is 5.13 Å². The van der Waals surface area contributed by atoms with Gasteiger partial charge in [-0.2, -0.15) is 0 Å². The molecule has 0 saturated heterocycles. The molecule has 1 heterocycles. The van der Waals surface area contributed by atoms with E-state index in [0.29, 0.717) is 28.4 Å². The molecule has 0 fully saturated rings. The quantitative estimate of drug-likeness (QED) is 0.409. The summed E-state index contributed by atoms with van der Waals surface area (Å²) in [4.78, 5) is 21.5. The van der Waals surface area contributed by atoms with Crippen LogP contribution in [0.3, 0.4) is 0 Å². The Bertz CT molecular complexity index is 1020. The minimum atomic E-state index is -0.118. The molecule has 2 aromatic carbocycles. The lowest BCUT2D eigenvalue weighted by atomic mass is 10.0. The Hall–Kier alpha value is -1.86. The minimum Gasteiger partial charge on any atom is -0.484 e. The van der Waals surface area contributed by atoms with Crippen molar-refractivity contribution < 1.29 is 9.53 Å². The highest BCUT2D eigenvalue weighted by atomic mass is 35.5. The van der Waals surface area contributed by atoms with Crippen molar-refractivity contribution in [2.24, 2.45) is 0 Å². The van der Waals surface area contributed by atoms with Crippen LogP contribution in [0.15, 0.2) is 36.4 Å². The largest absolute Gasteiger partial charge is 0.484 e. The fourth-order valence-electron chi connectivity index (χ4n) is 3.06. The van der Waals surface area contributed by atoms with Gasteiger partial charge in [0.15, 0.2) is 11.7 Å². The number of carbonyl (C=O) groups is 1. The number of nitrogens with zero attached hydrogens (tertiary/aromatic N) is 3. The molecule has 168 valence electrons. The minimum absolute atomic E-state index is 0. The predicted octanol–water partition coefficient (Wildman–Crippen LogP) is 5.78. The molecule has 0 radical (unpaired) electrons. The van der Waals surface area contributed by atoms with Gasteiger partial charge in [0.1, 0.15) is 5.75 Å². The summed E-state index contributed by atoms with van der Waals surface area (Å²) >= 11 is 7.67. The van der Waals surface area contributed by atoms with Gasteiger partial charge in [0.05, 0.1) is 10.2 Å². The summed E-state index contributed by atoms with van der Waals surface area (Å²) in [7, 11) is 3.97. The van der Waals surface area contributed by atoms with Gasteiger partial charge in [-0.05, 0) is 62.3 Å². The van der Waals surface area contributed by atoms with Crippen LogP contribution in [-0.2, 0) is 4.79 Å². The Balaban J connectivity index is 0.00000341. The van der Waals surface area contributed by atoms with Crippen molar-refractivity contribution in [1.82, 2.24) is 9.88 Å². The van der Waals surface area contributed by atoms with E-state index < -0.39 is 0 Å². The molecule has 0 atom stereocenters. The van der Waals surface area contributed by atoms with Crippen molar-refractivity contribution in [3.63, 3.8) is 0 Å². The summed E-state index contributed by atoms with van der Waals surface area (Å²) in [6.07, 6.45) is 0. The first-order chi connectivity index (χ1) is 14.2. The number of rotatable bonds is 8. The summed E-state index contributed by atoms with van der Waals surface area (Å²) in [5.74, 6) is 1.03. The Kier molecular flexibility index (Phi) is 9.13. The summed E-state index contributed by atoms with van der Waals surface area (Å²) in [5.41, 5.74) is 3.12.